The van der Waals surface area contributed by atoms with Crippen LogP contribution in [0.1, 0.15) is 32.8 Å². The lowest BCUT2D eigenvalue weighted by Gasteiger charge is -2.18. The molecule has 0 heterocycles. The van der Waals surface area contributed by atoms with Gasteiger partial charge in [0.05, 0.1) is 7.11 Å². The lowest BCUT2D eigenvalue weighted by molar-refractivity contribution is 0.414. The first-order valence-corrected chi connectivity index (χ1v) is 8.71. The average molecular weight is 324 g/mol. The molecule has 1 atom stereocenters. The van der Waals surface area contributed by atoms with Gasteiger partial charge in [-0.15, -0.1) is 0 Å². The van der Waals surface area contributed by atoms with Crippen LogP contribution in [-0.4, -0.2) is 30.0 Å². The highest BCUT2D eigenvalue weighted by Crippen LogP contribution is 2.17. The quantitative estimate of drug-likeness (QED) is 0.402. The summed E-state index contributed by atoms with van der Waals surface area (Å²) in [7, 11) is 1.69. The highest BCUT2D eigenvalue weighted by molar-refractivity contribution is 7.93. The molecular formula is C18H29NO2S. The van der Waals surface area contributed by atoms with Gasteiger partial charge in [-0.1, -0.05) is 45.1 Å². The van der Waals surface area contributed by atoms with Crippen LogP contribution in [0.25, 0.3) is 0 Å². The molecule has 1 rings (SSSR count). The summed E-state index contributed by atoms with van der Waals surface area (Å²) in [5.74, 6) is 1.66. The van der Waals surface area contributed by atoms with Crippen molar-refractivity contribution in [2.45, 2.75) is 39.7 Å². The van der Waals surface area contributed by atoms with Crippen LogP contribution in [0.5, 0.6) is 5.75 Å². The van der Waals surface area contributed by atoms with Crippen molar-refractivity contribution in [3.8, 4) is 5.75 Å². The summed E-state index contributed by atoms with van der Waals surface area (Å²) in [6.45, 7) is 7.52. The largest absolute Gasteiger partial charge is 0.497 e. The summed E-state index contributed by atoms with van der Waals surface area (Å²) in [5.41, 5.74) is 1.47. The summed E-state index contributed by atoms with van der Waals surface area (Å²) >= 11 is 0.907. The molecule has 0 saturated carbocycles. The van der Waals surface area contributed by atoms with Gasteiger partial charge in [0.1, 0.15) is 5.75 Å². The lowest BCUT2D eigenvalue weighted by Crippen LogP contribution is -2.30. The van der Waals surface area contributed by atoms with E-state index in [1.165, 1.54) is 5.56 Å². The van der Waals surface area contributed by atoms with Crippen molar-refractivity contribution in [1.82, 2.24) is 5.32 Å². The first kappa shape index (κ1) is 19.1. The van der Waals surface area contributed by atoms with Gasteiger partial charge in [0.25, 0.3) is 0 Å². The standard InChI is InChI=1S/C18H29NO2S/c1-18(2,3)11-10-16(19-12-5-13-22-20)14-15-6-8-17(21-4)9-7-15/h6-11,16,19-20H,5,12-14H2,1-4H3/b11-10+. The van der Waals surface area contributed by atoms with Gasteiger partial charge in [-0.3, -0.25) is 0 Å². The summed E-state index contributed by atoms with van der Waals surface area (Å²) in [4.78, 5) is 0. The van der Waals surface area contributed by atoms with E-state index in [-0.39, 0.29) is 5.41 Å². The molecule has 124 valence electrons. The van der Waals surface area contributed by atoms with Crippen LogP contribution in [0.15, 0.2) is 36.4 Å². The second kappa shape index (κ2) is 9.93. The number of methoxy groups -OCH3 is 1. The fourth-order valence-electron chi connectivity index (χ4n) is 2.05. The van der Waals surface area contributed by atoms with Gasteiger partial charge in [0.15, 0.2) is 0 Å². The minimum absolute atomic E-state index is 0.181. The van der Waals surface area contributed by atoms with E-state index >= 15 is 0 Å². The van der Waals surface area contributed by atoms with Crippen molar-refractivity contribution in [2.75, 3.05) is 19.4 Å². The molecule has 0 fully saturated rings. The van der Waals surface area contributed by atoms with E-state index in [9.17, 15) is 0 Å². The smallest absolute Gasteiger partial charge is 0.118 e. The second-order valence-corrected chi connectivity index (χ2v) is 7.19. The number of nitrogens with one attached hydrogen (secondary N) is 1. The van der Waals surface area contributed by atoms with E-state index in [0.717, 1.165) is 42.9 Å². The molecule has 1 aromatic carbocycles. The molecule has 22 heavy (non-hydrogen) atoms. The summed E-state index contributed by atoms with van der Waals surface area (Å²) in [5, 5.41) is 3.56. The van der Waals surface area contributed by atoms with Crippen molar-refractivity contribution in [1.29, 1.82) is 0 Å². The van der Waals surface area contributed by atoms with Crippen LogP contribution >= 0.6 is 12.0 Å². The van der Waals surface area contributed by atoms with E-state index in [0.29, 0.717) is 6.04 Å². The zero-order valence-corrected chi connectivity index (χ0v) is 15.0. The maximum absolute atomic E-state index is 8.79. The summed E-state index contributed by atoms with van der Waals surface area (Å²) < 4.78 is 14.0. The van der Waals surface area contributed by atoms with E-state index in [4.69, 9.17) is 9.29 Å². The molecule has 4 heteroatoms. The Morgan fingerprint density at radius 1 is 1.27 bits per heavy atom. The molecule has 0 bridgehead atoms. The Hall–Kier alpha value is -0.970. The Morgan fingerprint density at radius 2 is 1.95 bits per heavy atom. The third-order valence-corrected chi connectivity index (χ3v) is 3.73. The van der Waals surface area contributed by atoms with Crippen molar-refractivity contribution < 1.29 is 9.29 Å². The maximum atomic E-state index is 8.79. The third-order valence-electron chi connectivity index (χ3n) is 3.26. The number of allylic oxidation sites excluding steroid dienone is 1. The Bertz CT molecular complexity index is 437. The fourth-order valence-corrected chi connectivity index (χ4v) is 2.33. The van der Waals surface area contributed by atoms with Crippen LogP contribution in [0.3, 0.4) is 0 Å². The molecule has 0 radical (unpaired) electrons. The molecule has 3 nitrogen and oxygen atoms in total. The molecule has 1 unspecified atom stereocenters. The minimum atomic E-state index is 0.181. The van der Waals surface area contributed by atoms with Crippen molar-refractivity contribution in [3.05, 3.63) is 42.0 Å². The minimum Gasteiger partial charge on any atom is -0.497 e. The van der Waals surface area contributed by atoms with E-state index < -0.39 is 0 Å². The Balaban J connectivity index is 2.64. The number of rotatable bonds is 9. The second-order valence-electron chi connectivity index (χ2n) is 6.52. The summed E-state index contributed by atoms with van der Waals surface area (Å²) in [6.07, 6.45) is 6.43. The Morgan fingerprint density at radius 3 is 2.50 bits per heavy atom. The van der Waals surface area contributed by atoms with Gasteiger partial charge in [0, 0.05) is 11.8 Å². The van der Waals surface area contributed by atoms with Gasteiger partial charge < -0.3 is 14.6 Å². The van der Waals surface area contributed by atoms with Crippen molar-refractivity contribution in [2.24, 2.45) is 5.41 Å². The molecule has 1 aromatic rings. The van der Waals surface area contributed by atoms with Crippen LogP contribution in [-0.2, 0) is 6.42 Å². The van der Waals surface area contributed by atoms with Crippen molar-refractivity contribution >= 4 is 12.0 Å². The van der Waals surface area contributed by atoms with E-state index in [1.807, 2.05) is 12.1 Å². The molecular weight excluding hydrogens is 294 g/mol. The molecule has 2 N–H and O–H groups in total. The predicted octanol–water partition coefficient (Wildman–Crippen LogP) is 4.39. The van der Waals surface area contributed by atoms with E-state index in [1.54, 1.807) is 7.11 Å². The fraction of sp³-hybridized carbons (Fsp3) is 0.556. The third kappa shape index (κ3) is 8.47. The molecule has 0 aromatic heterocycles. The summed E-state index contributed by atoms with van der Waals surface area (Å²) in [6, 6.07) is 8.53. The highest BCUT2D eigenvalue weighted by atomic mass is 32.2. The Labute approximate surface area is 139 Å². The number of hydrogen-bond acceptors (Lipinski definition) is 4. The SMILES string of the molecule is COc1ccc(CC(/C=C/C(C)(C)C)NCCCSO)cc1. The maximum Gasteiger partial charge on any atom is 0.118 e. The van der Waals surface area contributed by atoms with Crippen LogP contribution < -0.4 is 10.1 Å². The van der Waals surface area contributed by atoms with Crippen molar-refractivity contribution in [3.63, 3.8) is 0 Å². The monoisotopic (exact) mass is 323 g/mol. The van der Waals surface area contributed by atoms with Crippen LogP contribution in [0.2, 0.25) is 0 Å². The predicted molar refractivity (Wildman–Crippen MR) is 96.8 cm³/mol. The number of hydrogen-bond donors (Lipinski definition) is 2. The zero-order chi connectivity index (χ0) is 16.4. The number of ether oxygens (including phenoxy) is 1. The average Bonchev–Trinajstić information content (AvgIpc) is 2.48. The molecule has 0 spiro atoms. The lowest BCUT2D eigenvalue weighted by atomic mass is 9.94. The molecule has 0 aliphatic carbocycles. The first-order chi connectivity index (χ1) is 10.4. The topological polar surface area (TPSA) is 41.5 Å². The normalized spacial score (nSPS) is 13.5. The number of benzene rings is 1. The van der Waals surface area contributed by atoms with Crippen LogP contribution in [0, 0.1) is 5.41 Å². The Kier molecular flexibility index (Phi) is 8.61. The molecule has 0 aliphatic heterocycles. The van der Waals surface area contributed by atoms with Gasteiger partial charge >= 0.3 is 0 Å². The van der Waals surface area contributed by atoms with Gasteiger partial charge in [-0.05, 0) is 54.5 Å². The zero-order valence-electron chi connectivity index (χ0n) is 14.1. The highest BCUT2D eigenvalue weighted by Gasteiger charge is 2.09. The molecule has 0 amide bonds. The molecule has 0 aliphatic rings. The van der Waals surface area contributed by atoms with Gasteiger partial charge in [0.2, 0.25) is 0 Å². The van der Waals surface area contributed by atoms with Gasteiger partial charge in [-0.25, -0.2) is 0 Å². The molecule has 0 saturated heterocycles. The van der Waals surface area contributed by atoms with Crippen LogP contribution in [0.4, 0.5) is 0 Å². The van der Waals surface area contributed by atoms with E-state index in [2.05, 4.69) is 50.4 Å². The first-order valence-electron chi connectivity index (χ1n) is 7.76. The van der Waals surface area contributed by atoms with Gasteiger partial charge in [-0.2, -0.15) is 0 Å².